The van der Waals surface area contributed by atoms with Crippen LogP contribution in [-0.2, 0) is 9.59 Å². The zero-order valence-corrected chi connectivity index (χ0v) is 20.7. The van der Waals surface area contributed by atoms with Crippen molar-refractivity contribution in [1.82, 2.24) is 20.2 Å². The molecule has 2 fully saturated rings. The van der Waals surface area contributed by atoms with Gasteiger partial charge in [0.2, 0.25) is 11.8 Å². The number of aryl methyl sites for hydroxylation is 1. The summed E-state index contributed by atoms with van der Waals surface area (Å²) in [6, 6.07) is 6.07. The molecule has 4 rings (SSSR count). The first kappa shape index (κ1) is 23.7. The number of piperidine rings is 1. The van der Waals surface area contributed by atoms with Crippen molar-refractivity contribution >= 4 is 34.1 Å². The average molecular weight is 470 g/mol. The van der Waals surface area contributed by atoms with E-state index in [1.165, 1.54) is 0 Å². The highest BCUT2D eigenvalue weighted by Crippen LogP contribution is 2.34. The molecule has 0 atom stereocenters. The van der Waals surface area contributed by atoms with E-state index < -0.39 is 5.54 Å². The Bertz CT molecular complexity index is 975. The van der Waals surface area contributed by atoms with Gasteiger partial charge in [0.15, 0.2) is 5.13 Å². The third kappa shape index (κ3) is 5.54. The van der Waals surface area contributed by atoms with Gasteiger partial charge in [-0.1, -0.05) is 39.2 Å². The fraction of sp³-hybridized carbons (Fsp3) is 0.600. The van der Waals surface area contributed by atoms with Gasteiger partial charge in [-0.05, 0) is 44.7 Å². The molecule has 33 heavy (non-hydrogen) atoms. The van der Waals surface area contributed by atoms with Crippen molar-refractivity contribution in [3.8, 4) is 0 Å². The molecule has 1 saturated carbocycles. The van der Waals surface area contributed by atoms with E-state index in [0.29, 0.717) is 19.0 Å². The SMILES string of the molecule is Cc1cnc(Nc2cccc(C3CCN(C(=O)C4(NC(=O)C(C)C)CCCCC4)CC3)n2)s1. The number of likely N-dealkylation sites (tertiary alicyclic amines) is 1. The molecule has 8 heteroatoms. The lowest BCUT2D eigenvalue weighted by Gasteiger charge is -2.42. The Morgan fingerprint density at radius 1 is 1.15 bits per heavy atom. The molecule has 178 valence electrons. The molecule has 7 nitrogen and oxygen atoms in total. The number of amides is 2. The Hall–Kier alpha value is -2.48. The molecule has 2 N–H and O–H groups in total. The maximum absolute atomic E-state index is 13.6. The minimum Gasteiger partial charge on any atom is -0.341 e. The summed E-state index contributed by atoms with van der Waals surface area (Å²) in [7, 11) is 0. The minimum absolute atomic E-state index is 0.0240. The molecule has 0 aromatic carbocycles. The van der Waals surface area contributed by atoms with E-state index in [4.69, 9.17) is 4.98 Å². The van der Waals surface area contributed by atoms with Gasteiger partial charge in [0.25, 0.3) is 0 Å². The number of hydrogen-bond donors (Lipinski definition) is 2. The Morgan fingerprint density at radius 2 is 1.88 bits per heavy atom. The second kappa shape index (κ2) is 10.2. The summed E-state index contributed by atoms with van der Waals surface area (Å²) in [5.74, 6) is 1.09. The van der Waals surface area contributed by atoms with Crippen LogP contribution in [0.15, 0.2) is 24.4 Å². The summed E-state index contributed by atoms with van der Waals surface area (Å²) in [4.78, 5) is 38.4. The van der Waals surface area contributed by atoms with E-state index in [-0.39, 0.29) is 17.7 Å². The monoisotopic (exact) mass is 469 g/mol. The topological polar surface area (TPSA) is 87.2 Å². The molecule has 2 aliphatic rings. The van der Waals surface area contributed by atoms with Crippen molar-refractivity contribution in [3.05, 3.63) is 35.0 Å². The predicted molar refractivity (Wildman–Crippen MR) is 132 cm³/mol. The van der Waals surface area contributed by atoms with Crippen LogP contribution in [0.2, 0.25) is 0 Å². The quantitative estimate of drug-likeness (QED) is 0.636. The Morgan fingerprint density at radius 3 is 2.52 bits per heavy atom. The first-order chi connectivity index (χ1) is 15.9. The first-order valence-electron chi connectivity index (χ1n) is 12.1. The van der Waals surface area contributed by atoms with Gasteiger partial charge in [0, 0.05) is 41.7 Å². The number of carbonyl (C=O) groups is 2. The molecule has 0 bridgehead atoms. The van der Waals surface area contributed by atoms with Gasteiger partial charge < -0.3 is 15.5 Å². The summed E-state index contributed by atoms with van der Waals surface area (Å²) in [6.07, 6.45) is 8.22. The molecule has 2 aromatic rings. The second-order valence-electron chi connectivity index (χ2n) is 9.70. The number of hydrogen-bond acceptors (Lipinski definition) is 6. The number of rotatable bonds is 6. The third-order valence-corrected chi connectivity index (χ3v) is 7.66. The molecule has 1 saturated heterocycles. The maximum Gasteiger partial charge on any atom is 0.248 e. The van der Waals surface area contributed by atoms with E-state index in [2.05, 4.69) is 21.7 Å². The van der Waals surface area contributed by atoms with E-state index in [1.54, 1.807) is 11.3 Å². The highest BCUT2D eigenvalue weighted by molar-refractivity contribution is 7.15. The normalized spacial score (nSPS) is 18.8. The number of aromatic nitrogens is 2. The summed E-state index contributed by atoms with van der Waals surface area (Å²) in [5, 5.41) is 7.29. The predicted octanol–water partition coefficient (Wildman–Crippen LogP) is 4.77. The molecular weight excluding hydrogens is 434 g/mol. The molecule has 0 spiro atoms. The molecule has 1 aliphatic carbocycles. The van der Waals surface area contributed by atoms with Crippen molar-refractivity contribution in [2.45, 2.75) is 77.2 Å². The van der Waals surface area contributed by atoms with Crippen molar-refractivity contribution < 1.29 is 9.59 Å². The highest BCUT2D eigenvalue weighted by Gasteiger charge is 2.44. The fourth-order valence-corrected chi connectivity index (χ4v) is 5.55. The van der Waals surface area contributed by atoms with E-state index in [9.17, 15) is 9.59 Å². The van der Waals surface area contributed by atoms with Crippen LogP contribution in [0, 0.1) is 12.8 Å². The largest absolute Gasteiger partial charge is 0.341 e. The number of carbonyl (C=O) groups excluding carboxylic acids is 2. The smallest absolute Gasteiger partial charge is 0.248 e. The van der Waals surface area contributed by atoms with Gasteiger partial charge in [0.05, 0.1) is 0 Å². The summed E-state index contributed by atoms with van der Waals surface area (Å²) < 4.78 is 0. The van der Waals surface area contributed by atoms with Gasteiger partial charge >= 0.3 is 0 Å². The Kier molecular flexibility index (Phi) is 7.32. The van der Waals surface area contributed by atoms with Crippen LogP contribution in [-0.4, -0.2) is 45.3 Å². The van der Waals surface area contributed by atoms with Crippen LogP contribution in [0.25, 0.3) is 0 Å². The summed E-state index contributed by atoms with van der Waals surface area (Å²) in [5.41, 5.74) is 0.334. The minimum atomic E-state index is -0.722. The molecule has 3 heterocycles. The van der Waals surface area contributed by atoms with Crippen LogP contribution in [0.4, 0.5) is 10.9 Å². The molecule has 1 aliphatic heterocycles. The third-order valence-electron chi connectivity index (χ3n) is 6.83. The van der Waals surface area contributed by atoms with Crippen molar-refractivity contribution in [1.29, 1.82) is 0 Å². The lowest BCUT2D eigenvalue weighted by atomic mass is 9.79. The van der Waals surface area contributed by atoms with Crippen LogP contribution in [0.1, 0.15) is 75.3 Å². The Balaban J connectivity index is 1.40. The van der Waals surface area contributed by atoms with E-state index in [1.807, 2.05) is 44.0 Å². The van der Waals surface area contributed by atoms with Crippen molar-refractivity contribution in [2.75, 3.05) is 18.4 Å². The molecule has 0 unspecified atom stereocenters. The van der Waals surface area contributed by atoms with Crippen LogP contribution in [0.5, 0.6) is 0 Å². The zero-order chi connectivity index (χ0) is 23.4. The van der Waals surface area contributed by atoms with Gasteiger partial charge in [-0.25, -0.2) is 9.97 Å². The maximum atomic E-state index is 13.6. The lowest BCUT2D eigenvalue weighted by Crippen LogP contribution is -2.62. The second-order valence-corrected chi connectivity index (χ2v) is 10.9. The van der Waals surface area contributed by atoms with E-state index >= 15 is 0 Å². The van der Waals surface area contributed by atoms with Crippen LogP contribution < -0.4 is 10.6 Å². The number of nitrogens with one attached hydrogen (secondary N) is 2. The molecule has 2 aromatic heterocycles. The lowest BCUT2D eigenvalue weighted by molar-refractivity contribution is -0.145. The number of nitrogens with zero attached hydrogens (tertiary/aromatic N) is 3. The molecular formula is C25H35N5O2S. The fourth-order valence-electron chi connectivity index (χ4n) is 4.88. The molecule has 2 amide bonds. The molecule has 0 radical (unpaired) electrons. The Labute approximate surface area is 200 Å². The van der Waals surface area contributed by atoms with Crippen LogP contribution in [0.3, 0.4) is 0 Å². The van der Waals surface area contributed by atoms with E-state index in [0.717, 1.165) is 66.5 Å². The number of thiazole rings is 1. The van der Waals surface area contributed by atoms with Gasteiger partial charge in [-0.15, -0.1) is 11.3 Å². The average Bonchev–Trinajstić information content (AvgIpc) is 3.23. The van der Waals surface area contributed by atoms with Gasteiger partial charge in [-0.2, -0.15) is 0 Å². The standard InChI is InChI=1S/C25H35N5O2S/c1-17(2)22(31)29-25(12-5-4-6-13-25)23(32)30-14-10-19(11-15-30)20-8-7-9-21(27-20)28-24-26-16-18(3)33-24/h7-9,16-17,19H,4-6,10-15H2,1-3H3,(H,29,31)(H,26,27,28). The van der Waals surface area contributed by atoms with Crippen LogP contribution >= 0.6 is 11.3 Å². The van der Waals surface area contributed by atoms with Crippen molar-refractivity contribution in [2.24, 2.45) is 5.92 Å². The summed E-state index contributed by atoms with van der Waals surface area (Å²) in [6.45, 7) is 7.20. The van der Waals surface area contributed by atoms with Gasteiger partial charge in [-0.3, -0.25) is 9.59 Å². The number of pyridine rings is 1. The van der Waals surface area contributed by atoms with Crippen molar-refractivity contribution in [3.63, 3.8) is 0 Å². The summed E-state index contributed by atoms with van der Waals surface area (Å²) >= 11 is 1.61. The zero-order valence-electron chi connectivity index (χ0n) is 19.9. The highest BCUT2D eigenvalue weighted by atomic mass is 32.1. The first-order valence-corrected chi connectivity index (χ1v) is 13.0. The van der Waals surface area contributed by atoms with Gasteiger partial charge in [0.1, 0.15) is 11.4 Å². The number of anilines is 2.